The maximum Gasteiger partial charge on any atom is 0.261 e. The summed E-state index contributed by atoms with van der Waals surface area (Å²) in [6.07, 6.45) is 0. The maximum atomic E-state index is 12.6. The first-order valence-electron chi connectivity index (χ1n) is 9.97. The van der Waals surface area contributed by atoms with Crippen LogP contribution in [0.3, 0.4) is 0 Å². The molecule has 2 heterocycles. The Bertz CT molecular complexity index is 1260. The van der Waals surface area contributed by atoms with Crippen LogP contribution in [0.4, 0.5) is 0 Å². The zero-order valence-electron chi connectivity index (χ0n) is 17.3. The number of aryl methyl sites for hydroxylation is 1. The third kappa shape index (κ3) is 4.92. The van der Waals surface area contributed by atoms with E-state index in [1.807, 2.05) is 41.9 Å². The van der Waals surface area contributed by atoms with Crippen LogP contribution in [0.5, 0.6) is 5.75 Å². The van der Waals surface area contributed by atoms with E-state index in [0.29, 0.717) is 35.1 Å². The summed E-state index contributed by atoms with van der Waals surface area (Å²) >= 11 is 7.35. The van der Waals surface area contributed by atoms with Crippen LogP contribution >= 0.6 is 22.9 Å². The first-order chi connectivity index (χ1) is 15.4. The van der Waals surface area contributed by atoms with E-state index in [4.69, 9.17) is 11.6 Å². The van der Waals surface area contributed by atoms with Gasteiger partial charge >= 0.3 is 0 Å². The molecule has 0 saturated heterocycles. The van der Waals surface area contributed by atoms with Crippen LogP contribution < -0.4 is 10.6 Å². The zero-order valence-corrected chi connectivity index (χ0v) is 18.8. The molecule has 0 aliphatic rings. The second-order valence-corrected chi connectivity index (χ2v) is 8.72. The summed E-state index contributed by atoms with van der Waals surface area (Å²) in [5.74, 6) is -0.356. The molecule has 2 aromatic carbocycles. The monoisotopic (exact) mass is 468 g/mol. The predicted molar refractivity (Wildman–Crippen MR) is 126 cm³/mol. The molecular weight excluding hydrogens is 448 g/mol. The van der Waals surface area contributed by atoms with Gasteiger partial charge in [-0.2, -0.15) is 5.10 Å². The van der Waals surface area contributed by atoms with E-state index in [-0.39, 0.29) is 17.6 Å². The van der Waals surface area contributed by atoms with Crippen molar-refractivity contribution in [2.24, 2.45) is 0 Å². The molecule has 0 radical (unpaired) electrons. The number of carbonyl (C=O) groups excluding carboxylic acids is 2. The minimum atomic E-state index is -0.265. The fourth-order valence-corrected chi connectivity index (χ4v) is 4.45. The molecule has 32 heavy (non-hydrogen) atoms. The normalized spacial score (nSPS) is 10.9. The van der Waals surface area contributed by atoms with E-state index in [2.05, 4.69) is 15.7 Å². The van der Waals surface area contributed by atoms with Crippen molar-refractivity contribution in [2.75, 3.05) is 13.1 Å². The number of hydrogen-bond acceptors (Lipinski definition) is 5. The van der Waals surface area contributed by atoms with Gasteiger partial charge in [0.05, 0.1) is 17.1 Å². The first-order valence-corrected chi connectivity index (χ1v) is 11.2. The van der Waals surface area contributed by atoms with Crippen molar-refractivity contribution in [3.63, 3.8) is 0 Å². The lowest BCUT2D eigenvalue weighted by atomic mass is 10.2. The van der Waals surface area contributed by atoms with Gasteiger partial charge in [0.15, 0.2) is 0 Å². The van der Waals surface area contributed by atoms with Gasteiger partial charge in [-0.15, -0.1) is 11.3 Å². The van der Waals surface area contributed by atoms with Gasteiger partial charge in [0, 0.05) is 29.1 Å². The molecule has 0 atom stereocenters. The SMILES string of the molecule is Cc1nn(Cc2ccc(Cl)cc2)c2sc(C(=O)NCCNC(=O)c3ccc(O)cc3)cc12. The van der Waals surface area contributed by atoms with Crippen molar-refractivity contribution in [2.45, 2.75) is 13.5 Å². The predicted octanol–water partition coefficient (Wildman–Crippen LogP) is 3.97. The number of aromatic nitrogens is 2. The molecule has 164 valence electrons. The highest BCUT2D eigenvalue weighted by molar-refractivity contribution is 7.20. The molecule has 2 amide bonds. The number of hydrogen-bond donors (Lipinski definition) is 3. The number of amides is 2. The van der Waals surface area contributed by atoms with Gasteiger partial charge in [-0.25, -0.2) is 0 Å². The van der Waals surface area contributed by atoms with Crippen LogP contribution in [0.1, 0.15) is 31.3 Å². The lowest BCUT2D eigenvalue weighted by Crippen LogP contribution is -2.34. The lowest BCUT2D eigenvalue weighted by molar-refractivity contribution is 0.0929. The van der Waals surface area contributed by atoms with Crippen LogP contribution in [0.15, 0.2) is 54.6 Å². The quantitative estimate of drug-likeness (QED) is 0.357. The molecule has 4 rings (SSSR count). The van der Waals surface area contributed by atoms with Gasteiger partial charge in [-0.1, -0.05) is 23.7 Å². The average molecular weight is 469 g/mol. The number of phenols is 1. The van der Waals surface area contributed by atoms with Gasteiger partial charge in [-0.3, -0.25) is 14.3 Å². The van der Waals surface area contributed by atoms with Crippen molar-refractivity contribution in [3.8, 4) is 5.75 Å². The summed E-state index contributed by atoms with van der Waals surface area (Å²) in [6.45, 7) is 3.10. The largest absolute Gasteiger partial charge is 0.508 e. The number of halogens is 1. The van der Waals surface area contributed by atoms with E-state index < -0.39 is 0 Å². The van der Waals surface area contributed by atoms with Gasteiger partial charge in [-0.05, 0) is 55.0 Å². The van der Waals surface area contributed by atoms with Crippen molar-refractivity contribution >= 4 is 45.0 Å². The fourth-order valence-electron chi connectivity index (χ4n) is 3.25. The van der Waals surface area contributed by atoms with Gasteiger partial charge < -0.3 is 15.7 Å². The number of carbonyl (C=O) groups is 2. The highest BCUT2D eigenvalue weighted by Gasteiger charge is 2.16. The molecule has 0 unspecified atom stereocenters. The Hall–Kier alpha value is -3.36. The van der Waals surface area contributed by atoms with E-state index in [9.17, 15) is 14.7 Å². The van der Waals surface area contributed by atoms with E-state index in [1.165, 1.54) is 35.6 Å². The number of benzene rings is 2. The molecule has 4 aromatic rings. The molecule has 3 N–H and O–H groups in total. The van der Waals surface area contributed by atoms with Crippen molar-refractivity contribution < 1.29 is 14.7 Å². The number of nitrogens with one attached hydrogen (secondary N) is 2. The topological polar surface area (TPSA) is 96.3 Å². The van der Waals surface area contributed by atoms with Crippen molar-refractivity contribution in [3.05, 3.63) is 81.3 Å². The summed E-state index contributed by atoms with van der Waals surface area (Å²) in [6, 6.07) is 15.4. The number of phenolic OH excluding ortho intramolecular Hbond substituents is 1. The van der Waals surface area contributed by atoms with E-state index >= 15 is 0 Å². The molecule has 2 aromatic heterocycles. The highest BCUT2D eigenvalue weighted by Crippen LogP contribution is 2.29. The molecular formula is C23H21ClN4O3S. The Morgan fingerprint density at radius 2 is 1.69 bits per heavy atom. The smallest absolute Gasteiger partial charge is 0.261 e. The molecule has 0 bridgehead atoms. The molecule has 0 fully saturated rings. The summed E-state index contributed by atoms with van der Waals surface area (Å²) in [7, 11) is 0. The third-order valence-electron chi connectivity index (χ3n) is 4.90. The molecule has 9 heteroatoms. The number of nitrogens with zero attached hydrogens (tertiary/aromatic N) is 2. The van der Waals surface area contributed by atoms with Crippen LogP contribution in [-0.2, 0) is 6.54 Å². The first kappa shape index (κ1) is 21.9. The number of thiophene rings is 1. The number of aromatic hydroxyl groups is 1. The van der Waals surface area contributed by atoms with E-state index in [1.54, 1.807) is 0 Å². The van der Waals surface area contributed by atoms with Crippen molar-refractivity contribution in [1.29, 1.82) is 0 Å². The second kappa shape index (κ2) is 9.42. The minimum absolute atomic E-state index is 0.101. The van der Waals surface area contributed by atoms with Crippen LogP contribution in [0.25, 0.3) is 10.2 Å². The third-order valence-corrected chi connectivity index (χ3v) is 6.30. The average Bonchev–Trinajstić information content (AvgIpc) is 3.34. The van der Waals surface area contributed by atoms with Crippen LogP contribution in [-0.4, -0.2) is 39.8 Å². The Labute approximate surface area is 193 Å². The Morgan fingerprint density at radius 3 is 2.38 bits per heavy atom. The lowest BCUT2D eigenvalue weighted by Gasteiger charge is -2.06. The molecule has 0 saturated carbocycles. The van der Waals surface area contributed by atoms with Gasteiger partial charge in [0.2, 0.25) is 0 Å². The summed E-state index contributed by atoms with van der Waals surface area (Å²) < 4.78 is 1.90. The molecule has 0 spiro atoms. The van der Waals surface area contributed by atoms with Crippen LogP contribution in [0.2, 0.25) is 5.02 Å². The Morgan fingerprint density at radius 1 is 1.03 bits per heavy atom. The Kier molecular flexibility index (Phi) is 6.43. The van der Waals surface area contributed by atoms with Gasteiger partial charge in [0.25, 0.3) is 11.8 Å². The second-order valence-electron chi connectivity index (χ2n) is 7.26. The van der Waals surface area contributed by atoms with E-state index in [0.717, 1.165) is 21.5 Å². The van der Waals surface area contributed by atoms with Crippen molar-refractivity contribution in [1.82, 2.24) is 20.4 Å². The summed E-state index contributed by atoms with van der Waals surface area (Å²) in [5, 5.41) is 21.1. The molecule has 0 aliphatic carbocycles. The van der Waals surface area contributed by atoms with Crippen LogP contribution in [0, 0.1) is 6.92 Å². The molecule has 0 aliphatic heterocycles. The minimum Gasteiger partial charge on any atom is -0.508 e. The van der Waals surface area contributed by atoms with Gasteiger partial charge in [0.1, 0.15) is 10.6 Å². The fraction of sp³-hybridized carbons (Fsp3) is 0.174. The summed E-state index contributed by atoms with van der Waals surface area (Å²) in [5.41, 5.74) is 2.38. The molecule has 7 nitrogen and oxygen atoms in total. The zero-order chi connectivity index (χ0) is 22.7. The maximum absolute atomic E-state index is 12.6. The highest BCUT2D eigenvalue weighted by atomic mass is 35.5. The number of fused-ring (bicyclic) bond motifs is 1. The summed E-state index contributed by atoms with van der Waals surface area (Å²) in [4.78, 5) is 26.2. The number of rotatable bonds is 7. The Balaban J connectivity index is 1.36. The standard InChI is InChI=1S/C23H21ClN4O3S/c1-14-19-12-20(32-23(19)28(27-14)13-15-2-6-17(24)7-3-15)22(31)26-11-10-25-21(30)16-4-8-18(29)9-5-16/h2-9,12,29H,10-11,13H2,1H3,(H,25,30)(H,26,31).